The van der Waals surface area contributed by atoms with Crippen molar-refractivity contribution >= 4 is 24.4 Å². The molecule has 0 atom stereocenters. The zero-order valence-corrected chi connectivity index (χ0v) is 19.4. The molecule has 1 aromatic rings. The van der Waals surface area contributed by atoms with Crippen molar-refractivity contribution in [3.05, 3.63) is 53.1 Å². The predicted octanol–water partition coefficient (Wildman–Crippen LogP) is 2.74. The van der Waals surface area contributed by atoms with Crippen LogP contribution in [0, 0.1) is 0 Å². The van der Waals surface area contributed by atoms with Gasteiger partial charge < -0.3 is 14.4 Å². The Bertz CT molecular complexity index is 1040. The summed E-state index contributed by atoms with van der Waals surface area (Å²) in [5.74, 6) is -0.480. The van der Waals surface area contributed by atoms with E-state index < -0.39 is 29.5 Å². The maximum Gasteiger partial charge on any atom is 0.494 e. The fourth-order valence-corrected chi connectivity index (χ4v) is 5.45. The van der Waals surface area contributed by atoms with Gasteiger partial charge in [-0.1, -0.05) is 36.4 Å². The highest BCUT2D eigenvalue weighted by Gasteiger charge is 2.61. The SMILES string of the molecule is CC1(C)OB(c2ccc([C@]3(N4C(=O)C5=C(CCC=C5)C4=O)C[C@](C)(O)C3)cc2)OC1(C)C. The van der Waals surface area contributed by atoms with Gasteiger partial charge in [0.1, 0.15) is 0 Å². The number of allylic oxidation sites excluding steroid dienone is 1. The number of benzene rings is 1. The fourth-order valence-electron chi connectivity index (χ4n) is 5.45. The molecule has 4 aliphatic rings. The van der Waals surface area contributed by atoms with Gasteiger partial charge in [-0.3, -0.25) is 14.5 Å². The molecular formula is C25H30BNO5. The zero-order chi connectivity index (χ0) is 23.1. The quantitative estimate of drug-likeness (QED) is 0.584. The Morgan fingerprint density at radius 2 is 1.53 bits per heavy atom. The van der Waals surface area contributed by atoms with E-state index in [1.165, 1.54) is 4.90 Å². The Morgan fingerprint density at radius 3 is 2.06 bits per heavy atom. The molecule has 0 radical (unpaired) electrons. The van der Waals surface area contributed by atoms with Crippen molar-refractivity contribution < 1.29 is 24.0 Å². The maximum atomic E-state index is 13.3. The summed E-state index contributed by atoms with van der Waals surface area (Å²) in [6.07, 6.45) is 5.69. The van der Waals surface area contributed by atoms with Crippen LogP contribution in [0.4, 0.5) is 0 Å². The standard InChI is InChI=1S/C25H30BNO5/c1-22(2)23(3,4)32-26(31-22)17-12-10-16(11-13-17)25(14-24(5,30)15-25)27-20(28)18-8-6-7-9-19(18)21(27)29/h6,8,10-13,30H,7,9,14-15H2,1-5H3/t24-,25-. The highest BCUT2D eigenvalue weighted by molar-refractivity contribution is 6.62. The van der Waals surface area contributed by atoms with Crippen LogP contribution in [0.15, 0.2) is 47.6 Å². The molecule has 2 heterocycles. The maximum absolute atomic E-state index is 13.3. The van der Waals surface area contributed by atoms with Crippen molar-refractivity contribution in [1.29, 1.82) is 0 Å². The van der Waals surface area contributed by atoms with Gasteiger partial charge in [-0.2, -0.15) is 0 Å². The molecule has 2 aliphatic heterocycles. The number of nitrogens with zero attached hydrogens (tertiary/aromatic N) is 1. The van der Waals surface area contributed by atoms with Crippen LogP contribution in [0.3, 0.4) is 0 Å². The van der Waals surface area contributed by atoms with Crippen LogP contribution in [-0.2, 0) is 24.4 Å². The second-order valence-electron chi connectivity index (χ2n) is 10.9. The van der Waals surface area contributed by atoms with Crippen LogP contribution in [0.1, 0.15) is 65.9 Å². The summed E-state index contributed by atoms with van der Waals surface area (Å²) in [6.45, 7) is 9.81. The number of amides is 2. The lowest BCUT2D eigenvalue weighted by atomic mass is 9.61. The van der Waals surface area contributed by atoms with E-state index in [1.807, 2.05) is 58.0 Å². The van der Waals surface area contributed by atoms with Crippen molar-refractivity contribution in [3.8, 4) is 0 Å². The van der Waals surface area contributed by atoms with Crippen LogP contribution >= 0.6 is 0 Å². The van der Waals surface area contributed by atoms with E-state index in [0.29, 0.717) is 30.4 Å². The Hall–Kier alpha value is -2.22. The number of hydrogen-bond acceptors (Lipinski definition) is 5. The summed E-state index contributed by atoms with van der Waals surface area (Å²) in [5, 5.41) is 10.6. The van der Waals surface area contributed by atoms with E-state index in [9.17, 15) is 14.7 Å². The van der Waals surface area contributed by atoms with Crippen LogP contribution in [0.25, 0.3) is 0 Å². The van der Waals surface area contributed by atoms with Gasteiger partial charge in [0.2, 0.25) is 0 Å². The third-order valence-electron chi connectivity index (χ3n) is 7.81. The van der Waals surface area contributed by atoms with E-state index in [4.69, 9.17) is 9.31 Å². The summed E-state index contributed by atoms with van der Waals surface area (Å²) in [6, 6.07) is 7.74. The molecule has 1 saturated heterocycles. The first kappa shape index (κ1) is 21.6. The molecule has 0 unspecified atom stereocenters. The first-order valence-electron chi connectivity index (χ1n) is 11.3. The second kappa shape index (κ2) is 6.66. The second-order valence-corrected chi connectivity index (χ2v) is 10.9. The Morgan fingerprint density at radius 1 is 0.938 bits per heavy atom. The molecule has 32 heavy (non-hydrogen) atoms. The van der Waals surface area contributed by atoms with E-state index in [-0.39, 0.29) is 11.8 Å². The molecule has 6 nitrogen and oxygen atoms in total. The first-order valence-corrected chi connectivity index (χ1v) is 11.3. The van der Waals surface area contributed by atoms with Gasteiger partial charge in [-0.05, 0) is 58.5 Å². The molecule has 1 aromatic carbocycles. The third-order valence-corrected chi connectivity index (χ3v) is 7.81. The van der Waals surface area contributed by atoms with E-state index in [2.05, 4.69) is 0 Å². The van der Waals surface area contributed by atoms with Gasteiger partial charge in [-0.15, -0.1) is 0 Å². The van der Waals surface area contributed by atoms with Gasteiger partial charge in [-0.25, -0.2) is 0 Å². The summed E-state index contributed by atoms with van der Waals surface area (Å²) < 4.78 is 12.3. The molecule has 0 aromatic heterocycles. The molecule has 2 amide bonds. The van der Waals surface area contributed by atoms with Crippen molar-refractivity contribution in [2.45, 2.75) is 82.6 Å². The van der Waals surface area contributed by atoms with E-state index in [1.54, 1.807) is 13.0 Å². The number of rotatable bonds is 3. The van der Waals surface area contributed by atoms with Gasteiger partial charge in [0.25, 0.3) is 11.8 Å². The Balaban J connectivity index is 1.47. The summed E-state index contributed by atoms with van der Waals surface area (Å²) in [7, 11) is -0.483. The highest BCUT2D eigenvalue weighted by atomic mass is 16.7. The summed E-state index contributed by atoms with van der Waals surface area (Å²) in [5.41, 5.74) is 0.177. The van der Waals surface area contributed by atoms with Crippen LogP contribution < -0.4 is 5.46 Å². The number of aliphatic hydroxyl groups is 1. The van der Waals surface area contributed by atoms with Gasteiger partial charge in [0, 0.05) is 24.0 Å². The molecule has 0 bridgehead atoms. The van der Waals surface area contributed by atoms with Crippen LogP contribution in [0.5, 0.6) is 0 Å². The lowest BCUT2D eigenvalue weighted by Gasteiger charge is -2.55. The minimum absolute atomic E-state index is 0.222. The monoisotopic (exact) mass is 435 g/mol. The van der Waals surface area contributed by atoms with Gasteiger partial charge in [0.05, 0.1) is 22.3 Å². The average Bonchev–Trinajstić information content (AvgIpc) is 3.09. The molecule has 168 valence electrons. The fraction of sp³-hybridized carbons (Fsp3) is 0.520. The molecule has 5 rings (SSSR count). The average molecular weight is 435 g/mol. The third kappa shape index (κ3) is 2.98. The number of carbonyl (C=O) groups is 2. The normalized spacial score (nSPS) is 33.1. The number of carbonyl (C=O) groups excluding carboxylic acids is 2. The lowest BCUT2D eigenvalue weighted by Crippen LogP contribution is -2.64. The Labute approximate surface area is 189 Å². The number of hydrogen-bond donors (Lipinski definition) is 1. The van der Waals surface area contributed by atoms with Crippen molar-refractivity contribution in [2.24, 2.45) is 0 Å². The van der Waals surface area contributed by atoms with Crippen LogP contribution in [0.2, 0.25) is 0 Å². The molecule has 0 spiro atoms. The minimum atomic E-state index is -0.927. The van der Waals surface area contributed by atoms with Crippen molar-refractivity contribution in [2.75, 3.05) is 0 Å². The minimum Gasteiger partial charge on any atom is -0.399 e. The van der Waals surface area contributed by atoms with Gasteiger partial charge >= 0.3 is 7.12 Å². The molecule has 1 N–H and O–H groups in total. The van der Waals surface area contributed by atoms with E-state index in [0.717, 1.165) is 17.4 Å². The largest absolute Gasteiger partial charge is 0.494 e. The van der Waals surface area contributed by atoms with E-state index >= 15 is 0 Å². The topological polar surface area (TPSA) is 76.1 Å². The highest BCUT2D eigenvalue weighted by Crippen LogP contribution is 2.54. The van der Waals surface area contributed by atoms with Crippen molar-refractivity contribution in [1.82, 2.24) is 4.90 Å². The molecular weight excluding hydrogens is 405 g/mol. The summed E-state index contributed by atoms with van der Waals surface area (Å²) in [4.78, 5) is 28.0. The molecule has 2 fully saturated rings. The van der Waals surface area contributed by atoms with Crippen LogP contribution in [-0.4, -0.2) is 45.7 Å². The smallest absolute Gasteiger partial charge is 0.399 e. The number of imide groups is 1. The first-order chi connectivity index (χ1) is 14.9. The Kier molecular flexibility index (Phi) is 4.50. The summed E-state index contributed by atoms with van der Waals surface area (Å²) >= 11 is 0. The predicted molar refractivity (Wildman–Crippen MR) is 121 cm³/mol. The van der Waals surface area contributed by atoms with Gasteiger partial charge in [0.15, 0.2) is 0 Å². The molecule has 2 aliphatic carbocycles. The zero-order valence-electron chi connectivity index (χ0n) is 19.4. The molecule has 1 saturated carbocycles. The van der Waals surface area contributed by atoms with Crippen molar-refractivity contribution in [3.63, 3.8) is 0 Å². The molecule has 7 heteroatoms. The lowest BCUT2D eigenvalue weighted by molar-refractivity contribution is -0.170.